The number of rotatable bonds is 9. The molecule has 0 fully saturated rings. The molecule has 2 amide bonds. The number of amides is 2. The van der Waals surface area contributed by atoms with Crippen molar-refractivity contribution in [2.24, 2.45) is 0 Å². The summed E-state index contributed by atoms with van der Waals surface area (Å²) in [6.07, 6.45) is 5.29. The highest BCUT2D eigenvalue weighted by Crippen LogP contribution is 2.31. The van der Waals surface area contributed by atoms with Crippen LogP contribution in [0.25, 0.3) is 10.4 Å². The Bertz CT molecular complexity index is 721. The van der Waals surface area contributed by atoms with Crippen molar-refractivity contribution in [3.8, 4) is 10.4 Å². The van der Waals surface area contributed by atoms with Gasteiger partial charge in [-0.1, -0.05) is 42.6 Å². The fraction of sp³-hybridized carbons (Fsp3) is 0.353. The van der Waals surface area contributed by atoms with Crippen LogP contribution in [0.4, 0.5) is 0 Å². The number of thiazole rings is 1. The van der Waals surface area contributed by atoms with E-state index >= 15 is 0 Å². The van der Waals surface area contributed by atoms with Crippen molar-refractivity contribution >= 4 is 34.8 Å². The van der Waals surface area contributed by atoms with Crippen molar-refractivity contribution in [3.05, 3.63) is 40.5 Å². The van der Waals surface area contributed by atoms with Crippen molar-refractivity contribution in [2.75, 3.05) is 6.54 Å². The third kappa shape index (κ3) is 6.12. The molecule has 0 aliphatic carbocycles. The van der Waals surface area contributed by atoms with Gasteiger partial charge in [0, 0.05) is 29.7 Å². The lowest BCUT2D eigenvalue weighted by Gasteiger charge is -2.03. The second-order valence-corrected chi connectivity index (χ2v) is 6.90. The number of carbonyl (C=O) groups excluding carboxylic acids is 2. The third-order valence-electron chi connectivity index (χ3n) is 3.58. The number of halogens is 1. The predicted molar refractivity (Wildman–Crippen MR) is 97.9 cm³/mol. The molecule has 134 valence electrons. The van der Waals surface area contributed by atoms with Gasteiger partial charge in [-0.15, -0.1) is 11.3 Å². The van der Waals surface area contributed by atoms with Gasteiger partial charge in [0.25, 0.3) is 5.91 Å². The van der Waals surface area contributed by atoms with E-state index in [2.05, 4.69) is 10.3 Å². The Morgan fingerprint density at radius 1 is 1.16 bits per heavy atom. The lowest BCUT2D eigenvalue weighted by molar-refractivity contribution is -0.129. The molecule has 0 radical (unpaired) electrons. The Kier molecular flexibility index (Phi) is 7.84. The van der Waals surface area contributed by atoms with Crippen molar-refractivity contribution < 1.29 is 14.8 Å². The number of nitrogens with one attached hydrogen (secondary N) is 2. The van der Waals surface area contributed by atoms with Crippen molar-refractivity contribution in [3.63, 3.8) is 0 Å². The molecule has 1 aromatic heterocycles. The first-order valence-corrected chi connectivity index (χ1v) is 9.23. The van der Waals surface area contributed by atoms with E-state index in [0.29, 0.717) is 29.4 Å². The van der Waals surface area contributed by atoms with Crippen molar-refractivity contribution in [2.45, 2.75) is 32.1 Å². The van der Waals surface area contributed by atoms with Crippen LogP contribution in [-0.4, -0.2) is 28.6 Å². The summed E-state index contributed by atoms with van der Waals surface area (Å²) in [5, 5.41) is 12.3. The molecule has 0 saturated heterocycles. The van der Waals surface area contributed by atoms with E-state index in [1.54, 1.807) is 17.7 Å². The van der Waals surface area contributed by atoms with Gasteiger partial charge in [-0.2, -0.15) is 0 Å². The molecule has 2 aromatic rings. The molecule has 8 heteroatoms. The Hall–Kier alpha value is -1.96. The van der Waals surface area contributed by atoms with Crippen LogP contribution in [0.3, 0.4) is 0 Å². The number of hydrogen-bond acceptors (Lipinski definition) is 5. The van der Waals surface area contributed by atoms with Gasteiger partial charge in [0.05, 0.1) is 4.88 Å². The minimum atomic E-state index is -0.369. The van der Waals surface area contributed by atoms with Gasteiger partial charge in [-0.3, -0.25) is 14.8 Å². The topological polar surface area (TPSA) is 91.3 Å². The van der Waals surface area contributed by atoms with Gasteiger partial charge in [-0.05, 0) is 18.9 Å². The molecular formula is C17H20ClN3O3S. The molecule has 0 unspecified atom stereocenters. The molecule has 6 nitrogen and oxygen atoms in total. The largest absolute Gasteiger partial charge is 0.350 e. The van der Waals surface area contributed by atoms with Crippen LogP contribution in [0.2, 0.25) is 5.02 Å². The minimum absolute atomic E-state index is 0.192. The van der Waals surface area contributed by atoms with E-state index in [0.717, 1.165) is 29.7 Å². The van der Waals surface area contributed by atoms with E-state index in [1.165, 1.54) is 11.3 Å². The Morgan fingerprint density at radius 3 is 2.68 bits per heavy atom. The molecule has 1 heterocycles. The van der Waals surface area contributed by atoms with E-state index < -0.39 is 0 Å². The van der Waals surface area contributed by atoms with E-state index in [1.807, 2.05) is 18.2 Å². The van der Waals surface area contributed by atoms with Gasteiger partial charge < -0.3 is 5.32 Å². The number of hydroxylamine groups is 1. The van der Waals surface area contributed by atoms with Gasteiger partial charge in [-0.25, -0.2) is 10.5 Å². The molecule has 0 bridgehead atoms. The van der Waals surface area contributed by atoms with Gasteiger partial charge in [0.15, 0.2) is 5.01 Å². The summed E-state index contributed by atoms with van der Waals surface area (Å²) in [4.78, 5) is 28.0. The summed E-state index contributed by atoms with van der Waals surface area (Å²) >= 11 is 7.47. The highest BCUT2D eigenvalue weighted by atomic mass is 35.5. The molecule has 0 atom stereocenters. The van der Waals surface area contributed by atoms with Crippen LogP contribution < -0.4 is 10.8 Å². The van der Waals surface area contributed by atoms with Gasteiger partial charge >= 0.3 is 0 Å². The maximum atomic E-state index is 12.1. The number of nitrogens with zero attached hydrogens (tertiary/aromatic N) is 1. The fourth-order valence-corrected chi connectivity index (χ4v) is 3.43. The van der Waals surface area contributed by atoms with E-state index in [9.17, 15) is 9.59 Å². The molecule has 25 heavy (non-hydrogen) atoms. The highest BCUT2D eigenvalue weighted by Gasteiger charge is 2.13. The molecular weight excluding hydrogens is 362 g/mol. The second kappa shape index (κ2) is 10.1. The van der Waals surface area contributed by atoms with E-state index in [-0.39, 0.29) is 11.8 Å². The third-order valence-corrected chi connectivity index (χ3v) is 4.94. The summed E-state index contributed by atoms with van der Waals surface area (Å²) < 4.78 is 0. The lowest BCUT2D eigenvalue weighted by atomic mass is 10.1. The lowest BCUT2D eigenvalue weighted by Crippen LogP contribution is -2.24. The average Bonchev–Trinajstić information content (AvgIpc) is 3.10. The summed E-state index contributed by atoms with van der Waals surface area (Å²) in [6, 6.07) is 7.46. The Labute approximate surface area is 155 Å². The van der Waals surface area contributed by atoms with Crippen LogP contribution in [-0.2, 0) is 4.79 Å². The number of aromatic nitrogens is 1. The smallest absolute Gasteiger partial charge is 0.280 e. The predicted octanol–water partition coefficient (Wildman–Crippen LogP) is 3.65. The number of unbranched alkanes of at least 4 members (excludes halogenated alkanes) is 3. The SMILES string of the molecule is O=C(CCCCCCNC(=O)c1ncc(-c2ccccc2Cl)s1)NO. The van der Waals surface area contributed by atoms with Crippen LogP contribution in [0.15, 0.2) is 30.5 Å². The van der Waals surface area contributed by atoms with Crippen LogP contribution in [0.5, 0.6) is 0 Å². The van der Waals surface area contributed by atoms with Crippen molar-refractivity contribution in [1.29, 1.82) is 0 Å². The monoisotopic (exact) mass is 381 g/mol. The zero-order valence-electron chi connectivity index (χ0n) is 13.6. The van der Waals surface area contributed by atoms with Crippen molar-refractivity contribution in [1.82, 2.24) is 15.8 Å². The maximum absolute atomic E-state index is 12.1. The van der Waals surface area contributed by atoms with Crippen LogP contribution in [0, 0.1) is 0 Å². The van der Waals surface area contributed by atoms with Crippen LogP contribution >= 0.6 is 22.9 Å². The first kappa shape index (κ1) is 19.4. The molecule has 2 rings (SSSR count). The molecule has 3 N–H and O–H groups in total. The van der Waals surface area contributed by atoms with Gasteiger partial charge in [0.2, 0.25) is 5.91 Å². The summed E-state index contributed by atoms with van der Waals surface area (Å²) in [5.74, 6) is -0.561. The molecule has 0 aliphatic heterocycles. The Morgan fingerprint density at radius 2 is 1.92 bits per heavy atom. The fourth-order valence-electron chi connectivity index (χ4n) is 2.26. The van der Waals surface area contributed by atoms with E-state index in [4.69, 9.17) is 16.8 Å². The molecule has 0 saturated carbocycles. The molecule has 0 aliphatic rings. The highest BCUT2D eigenvalue weighted by molar-refractivity contribution is 7.17. The molecule has 0 spiro atoms. The van der Waals surface area contributed by atoms with Crippen LogP contribution in [0.1, 0.15) is 41.9 Å². The number of benzene rings is 1. The zero-order valence-corrected chi connectivity index (χ0v) is 15.2. The number of carbonyl (C=O) groups is 2. The molecule has 1 aromatic carbocycles. The maximum Gasteiger partial charge on any atom is 0.280 e. The normalized spacial score (nSPS) is 10.5. The first-order chi connectivity index (χ1) is 12.1. The second-order valence-electron chi connectivity index (χ2n) is 5.46. The summed E-state index contributed by atoms with van der Waals surface area (Å²) in [6.45, 7) is 0.562. The first-order valence-electron chi connectivity index (χ1n) is 8.03. The Balaban J connectivity index is 1.72. The summed E-state index contributed by atoms with van der Waals surface area (Å²) in [5.41, 5.74) is 2.48. The summed E-state index contributed by atoms with van der Waals surface area (Å²) in [7, 11) is 0. The zero-order chi connectivity index (χ0) is 18.1. The minimum Gasteiger partial charge on any atom is -0.350 e. The number of hydrogen-bond donors (Lipinski definition) is 3. The average molecular weight is 382 g/mol. The quantitative estimate of drug-likeness (QED) is 0.351. The van der Waals surface area contributed by atoms with Gasteiger partial charge in [0.1, 0.15) is 0 Å². The standard InChI is InChI=1S/C17H20ClN3O3S/c18-13-8-5-4-7-12(13)14-11-20-17(25-14)16(23)19-10-6-2-1-3-9-15(22)21-24/h4-5,7-8,11,24H,1-3,6,9-10H2,(H,19,23)(H,21,22).